The maximum Gasteiger partial charge on any atom is 0.255 e. The molecule has 3 heterocycles. The zero-order valence-corrected chi connectivity index (χ0v) is 16.9. The fraction of sp³-hybridized carbons (Fsp3) is 0.500. The average molecular weight is 378 g/mol. The number of benzene rings is 1. The maximum absolute atomic E-state index is 13.0. The standard InChI is InChI=1S/C24H31N3O/c1-19-6-5-11-27(18-19)23-15-22(16-25-17-23)24(28)26-12-9-21(10-13-26)14-20-7-3-2-4-8-20/h2-4,7-8,15-17,19,21H,5-6,9-14,18H2,1H3. The molecule has 1 atom stereocenters. The van der Waals surface area contributed by atoms with E-state index in [-0.39, 0.29) is 5.91 Å². The number of amides is 1. The average Bonchev–Trinajstić information content (AvgIpc) is 2.75. The fourth-order valence-electron chi connectivity index (χ4n) is 4.61. The van der Waals surface area contributed by atoms with Crippen molar-refractivity contribution < 1.29 is 4.79 Å². The number of hydrogen-bond donors (Lipinski definition) is 0. The summed E-state index contributed by atoms with van der Waals surface area (Å²) in [5, 5.41) is 0. The summed E-state index contributed by atoms with van der Waals surface area (Å²) in [4.78, 5) is 21.8. The third-order valence-electron chi connectivity index (χ3n) is 6.26. The van der Waals surface area contributed by atoms with Gasteiger partial charge in [-0.3, -0.25) is 9.78 Å². The minimum atomic E-state index is 0.137. The van der Waals surface area contributed by atoms with E-state index in [0.717, 1.165) is 56.7 Å². The fourth-order valence-corrected chi connectivity index (χ4v) is 4.61. The van der Waals surface area contributed by atoms with Gasteiger partial charge in [-0.25, -0.2) is 0 Å². The van der Waals surface area contributed by atoms with E-state index in [4.69, 9.17) is 0 Å². The molecule has 0 N–H and O–H groups in total. The van der Waals surface area contributed by atoms with Crippen LogP contribution in [0.5, 0.6) is 0 Å². The van der Waals surface area contributed by atoms with E-state index < -0.39 is 0 Å². The lowest BCUT2D eigenvalue weighted by Gasteiger charge is -2.34. The summed E-state index contributed by atoms with van der Waals surface area (Å²) < 4.78 is 0. The van der Waals surface area contributed by atoms with Gasteiger partial charge in [-0.1, -0.05) is 37.3 Å². The molecule has 0 aliphatic carbocycles. The van der Waals surface area contributed by atoms with E-state index in [1.807, 2.05) is 17.2 Å². The number of nitrogens with zero attached hydrogens (tertiary/aromatic N) is 3. The number of rotatable bonds is 4. The van der Waals surface area contributed by atoms with Gasteiger partial charge in [-0.05, 0) is 55.6 Å². The summed E-state index contributed by atoms with van der Waals surface area (Å²) in [6.07, 6.45) is 9.42. The number of pyridine rings is 1. The van der Waals surface area contributed by atoms with E-state index >= 15 is 0 Å². The molecule has 148 valence electrons. The summed E-state index contributed by atoms with van der Waals surface area (Å²) in [6, 6.07) is 12.7. The van der Waals surface area contributed by atoms with Crippen molar-refractivity contribution in [3.05, 3.63) is 59.9 Å². The second-order valence-electron chi connectivity index (χ2n) is 8.55. The van der Waals surface area contributed by atoms with Crippen LogP contribution in [-0.2, 0) is 6.42 Å². The smallest absolute Gasteiger partial charge is 0.255 e. The molecule has 2 aromatic rings. The number of hydrogen-bond acceptors (Lipinski definition) is 3. The lowest BCUT2D eigenvalue weighted by Crippen LogP contribution is -2.39. The minimum absolute atomic E-state index is 0.137. The molecule has 28 heavy (non-hydrogen) atoms. The van der Waals surface area contributed by atoms with Crippen molar-refractivity contribution >= 4 is 11.6 Å². The highest BCUT2D eigenvalue weighted by Gasteiger charge is 2.25. The first-order valence-corrected chi connectivity index (χ1v) is 10.7. The highest BCUT2D eigenvalue weighted by atomic mass is 16.2. The summed E-state index contributed by atoms with van der Waals surface area (Å²) in [6.45, 7) is 6.12. The molecule has 1 amide bonds. The van der Waals surface area contributed by atoms with E-state index in [2.05, 4.69) is 47.1 Å². The number of carbonyl (C=O) groups excluding carboxylic acids is 1. The predicted molar refractivity (Wildman–Crippen MR) is 114 cm³/mol. The van der Waals surface area contributed by atoms with Crippen LogP contribution in [-0.4, -0.2) is 42.0 Å². The number of anilines is 1. The van der Waals surface area contributed by atoms with Crippen molar-refractivity contribution in [2.45, 2.75) is 39.0 Å². The van der Waals surface area contributed by atoms with Crippen molar-refractivity contribution in [2.75, 3.05) is 31.1 Å². The Hall–Kier alpha value is -2.36. The molecular formula is C24H31N3O. The monoisotopic (exact) mass is 377 g/mol. The molecule has 1 unspecified atom stereocenters. The largest absolute Gasteiger partial charge is 0.370 e. The first-order chi connectivity index (χ1) is 13.7. The molecule has 4 nitrogen and oxygen atoms in total. The van der Waals surface area contributed by atoms with Gasteiger partial charge in [0, 0.05) is 32.4 Å². The second-order valence-corrected chi connectivity index (χ2v) is 8.55. The van der Waals surface area contributed by atoms with E-state index in [1.54, 1.807) is 6.20 Å². The van der Waals surface area contributed by atoms with Gasteiger partial charge in [0.2, 0.25) is 0 Å². The van der Waals surface area contributed by atoms with Gasteiger partial charge in [0.25, 0.3) is 5.91 Å². The Bertz CT molecular complexity index is 783. The van der Waals surface area contributed by atoms with Crippen LogP contribution < -0.4 is 4.90 Å². The van der Waals surface area contributed by atoms with Crippen LogP contribution in [0.1, 0.15) is 48.5 Å². The molecule has 2 saturated heterocycles. The van der Waals surface area contributed by atoms with Crippen molar-refractivity contribution in [3.63, 3.8) is 0 Å². The quantitative estimate of drug-likeness (QED) is 0.792. The molecule has 0 radical (unpaired) electrons. The number of aromatic nitrogens is 1. The Morgan fingerprint density at radius 3 is 2.61 bits per heavy atom. The molecule has 1 aromatic heterocycles. The molecule has 4 rings (SSSR count). The van der Waals surface area contributed by atoms with Gasteiger partial charge in [0.1, 0.15) is 0 Å². The Kier molecular flexibility index (Phi) is 5.94. The summed E-state index contributed by atoms with van der Waals surface area (Å²) >= 11 is 0. The summed E-state index contributed by atoms with van der Waals surface area (Å²) in [7, 11) is 0. The van der Waals surface area contributed by atoms with Crippen LogP contribution >= 0.6 is 0 Å². The molecule has 0 saturated carbocycles. The lowest BCUT2D eigenvalue weighted by atomic mass is 9.90. The topological polar surface area (TPSA) is 36.4 Å². The zero-order valence-electron chi connectivity index (χ0n) is 16.9. The SMILES string of the molecule is CC1CCCN(c2cncc(C(=O)N3CCC(Cc4ccccc4)CC3)c2)C1. The van der Waals surface area contributed by atoms with Crippen LogP contribution in [0.2, 0.25) is 0 Å². The molecule has 0 bridgehead atoms. The third-order valence-corrected chi connectivity index (χ3v) is 6.26. The van der Waals surface area contributed by atoms with Crippen molar-refractivity contribution in [3.8, 4) is 0 Å². The molecule has 2 aliphatic heterocycles. The Morgan fingerprint density at radius 1 is 1.07 bits per heavy atom. The molecule has 2 aliphatic rings. The van der Waals surface area contributed by atoms with Crippen LogP contribution in [0.25, 0.3) is 0 Å². The summed E-state index contributed by atoms with van der Waals surface area (Å²) in [5.41, 5.74) is 3.23. The molecule has 0 spiro atoms. The van der Waals surface area contributed by atoms with Crippen LogP contribution in [0, 0.1) is 11.8 Å². The third kappa shape index (κ3) is 4.54. The Morgan fingerprint density at radius 2 is 1.86 bits per heavy atom. The van der Waals surface area contributed by atoms with Gasteiger partial charge in [0.15, 0.2) is 0 Å². The first kappa shape index (κ1) is 19.0. The van der Waals surface area contributed by atoms with Crippen LogP contribution in [0.15, 0.2) is 48.8 Å². The van der Waals surface area contributed by atoms with Crippen molar-refractivity contribution in [1.82, 2.24) is 9.88 Å². The number of piperidine rings is 2. The lowest BCUT2D eigenvalue weighted by molar-refractivity contribution is 0.0690. The van der Waals surface area contributed by atoms with Crippen LogP contribution in [0.4, 0.5) is 5.69 Å². The number of likely N-dealkylation sites (tertiary alicyclic amines) is 1. The summed E-state index contributed by atoms with van der Waals surface area (Å²) in [5.74, 6) is 1.51. The number of carbonyl (C=O) groups is 1. The molecular weight excluding hydrogens is 346 g/mol. The van der Waals surface area contributed by atoms with Gasteiger partial charge >= 0.3 is 0 Å². The van der Waals surface area contributed by atoms with Crippen LogP contribution in [0.3, 0.4) is 0 Å². The predicted octanol–water partition coefficient (Wildman–Crippen LogP) is 4.41. The highest BCUT2D eigenvalue weighted by Crippen LogP contribution is 2.25. The van der Waals surface area contributed by atoms with Crippen molar-refractivity contribution in [1.29, 1.82) is 0 Å². The maximum atomic E-state index is 13.0. The van der Waals surface area contributed by atoms with E-state index in [9.17, 15) is 4.79 Å². The van der Waals surface area contributed by atoms with Gasteiger partial charge in [-0.2, -0.15) is 0 Å². The van der Waals surface area contributed by atoms with Gasteiger partial charge < -0.3 is 9.80 Å². The van der Waals surface area contributed by atoms with E-state index in [1.165, 1.54) is 18.4 Å². The zero-order chi connectivity index (χ0) is 19.3. The molecule has 1 aromatic carbocycles. The van der Waals surface area contributed by atoms with E-state index in [0.29, 0.717) is 11.8 Å². The normalized spacial score (nSPS) is 21.0. The molecule has 4 heteroatoms. The minimum Gasteiger partial charge on any atom is -0.370 e. The first-order valence-electron chi connectivity index (χ1n) is 10.7. The Balaban J connectivity index is 1.35. The van der Waals surface area contributed by atoms with Crippen molar-refractivity contribution in [2.24, 2.45) is 11.8 Å². The Labute approximate surface area is 168 Å². The van der Waals surface area contributed by atoms with Gasteiger partial charge in [0.05, 0.1) is 17.4 Å². The molecule has 2 fully saturated rings. The second kappa shape index (κ2) is 8.76. The van der Waals surface area contributed by atoms with Gasteiger partial charge in [-0.15, -0.1) is 0 Å². The highest BCUT2D eigenvalue weighted by molar-refractivity contribution is 5.94.